The van der Waals surface area contributed by atoms with Crippen molar-refractivity contribution in [1.82, 2.24) is 19.4 Å². The number of hydrogen-bond donors (Lipinski definition) is 1. The number of benzene rings is 1. The van der Waals surface area contributed by atoms with E-state index >= 15 is 0 Å². The molecular formula is C26H40N4O5S. The van der Waals surface area contributed by atoms with Crippen LogP contribution in [0.3, 0.4) is 0 Å². The minimum atomic E-state index is -3.81. The molecule has 0 aliphatic carbocycles. The minimum Gasteiger partial charge on any atom is -0.491 e. The summed E-state index contributed by atoms with van der Waals surface area (Å²) in [5.41, 5.74) is 0.190. The Morgan fingerprint density at radius 3 is 2.44 bits per heavy atom. The number of nitrogens with one attached hydrogen (secondary N) is 1. The van der Waals surface area contributed by atoms with E-state index in [9.17, 15) is 18.0 Å². The predicted octanol–water partition coefficient (Wildman–Crippen LogP) is 2.34. The molecule has 200 valence electrons. The molecule has 0 bridgehead atoms. The van der Waals surface area contributed by atoms with Crippen molar-refractivity contribution in [2.24, 2.45) is 5.92 Å². The van der Waals surface area contributed by atoms with Crippen LogP contribution in [0.15, 0.2) is 35.2 Å². The van der Waals surface area contributed by atoms with Gasteiger partial charge in [0, 0.05) is 33.1 Å². The van der Waals surface area contributed by atoms with E-state index < -0.39 is 10.0 Å². The zero-order chi connectivity index (χ0) is 26.5. The molecule has 1 fully saturated rings. The van der Waals surface area contributed by atoms with Gasteiger partial charge in [-0.25, -0.2) is 13.1 Å². The number of nitrogens with zero attached hydrogens (tertiary/aromatic N) is 3. The minimum absolute atomic E-state index is 0.0391. The van der Waals surface area contributed by atoms with Gasteiger partial charge in [-0.05, 0) is 63.5 Å². The average Bonchev–Trinajstić information content (AvgIpc) is 2.81. The molecule has 2 heterocycles. The van der Waals surface area contributed by atoms with E-state index in [1.165, 1.54) is 17.0 Å². The fraction of sp³-hybridized carbons (Fsp3) is 0.615. The molecule has 3 rings (SSSR count). The van der Waals surface area contributed by atoms with Crippen molar-refractivity contribution >= 4 is 21.8 Å². The first-order valence-corrected chi connectivity index (χ1v) is 14.1. The lowest BCUT2D eigenvalue weighted by Crippen LogP contribution is -2.44. The molecule has 0 saturated carbocycles. The van der Waals surface area contributed by atoms with Crippen LogP contribution in [0.4, 0.5) is 0 Å². The summed E-state index contributed by atoms with van der Waals surface area (Å²) in [6.45, 7) is 8.35. The van der Waals surface area contributed by atoms with Gasteiger partial charge < -0.3 is 19.4 Å². The van der Waals surface area contributed by atoms with Crippen LogP contribution in [-0.2, 0) is 14.8 Å². The Balaban J connectivity index is 1.93. The van der Waals surface area contributed by atoms with Gasteiger partial charge >= 0.3 is 0 Å². The maximum atomic E-state index is 13.3. The summed E-state index contributed by atoms with van der Waals surface area (Å²) in [7, 11) is -0.132. The van der Waals surface area contributed by atoms with Crippen molar-refractivity contribution in [2.75, 3.05) is 46.9 Å². The van der Waals surface area contributed by atoms with Crippen LogP contribution in [0.1, 0.15) is 50.4 Å². The number of likely N-dealkylation sites (tertiary alicyclic amines) is 1. The van der Waals surface area contributed by atoms with Gasteiger partial charge in [0.2, 0.25) is 15.9 Å². The summed E-state index contributed by atoms with van der Waals surface area (Å²) in [5, 5.41) is 0. The number of ether oxygens (including phenoxy) is 1. The van der Waals surface area contributed by atoms with Gasteiger partial charge in [0.25, 0.3) is 5.91 Å². The molecule has 2 amide bonds. The summed E-state index contributed by atoms with van der Waals surface area (Å²) >= 11 is 0. The molecule has 1 atom stereocenters. The molecule has 9 nitrogen and oxygen atoms in total. The number of sulfonamides is 1. The summed E-state index contributed by atoms with van der Waals surface area (Å²) in [4.78, 5) is 31.2. The zero-order valence-corrected chi connectivity index (χ0v) is 22.9. The second-order valence-corrected chi connectivity index (χ2v) is 12.0. The summed E-state index contributed by atoms with van der Waals surface area (Å²) in [6, 6.07) is 4.12. The van der Waals surface area contributed by atoms with E-state index in [0.717, 1.165) is 32.4 Å². The second-order valence-electron chi connectivity index (χ2n) is 10.3. The lowest BCUT2D eigenvalue weighted by molar-refractivity contribution is -0.131. The van der Waals surface area contributed by atoms with E-state index in [1.54, 1.807) is 24.9 Å². The number of carbonyl (C=O) groups is 2. The van der Waals surface area contributed by atoms with Crippen LogP contribution in [0, 0.1) is 5.92 Å². The summed E-state index contributed by atoms with van der Waals surface area (Å²) in [5.74, 6) is 0.280. The normalized spacial score (nSPS) is 21.9. The molecule has 1 aromatic carbocycles. The van der Waals surface area contributed by atoms with Gasteiger partial charge in [-0.1, -0.05) is 26.0 Å². The Labute approximate surface area is 215 Å². The molecule has 0 spiro atoms. The van der Waals surface area contributed by atoms with E-state index in [1.807, 2.05) is 19.2 Å². The number of rotatable bonds is 5. The van der Waals surface area contributed by atoms with E-state index in [4.69, 9.17) is 4.74 Å². The van der Waals surface area contributed by atoms with Gasteiger partial charge in [0.1, 0.15) is 12.4 Å². The highest BCUT2D eigenvalue weighted by molar-refractivity contribution is 7.89. The van der Waals surface area contributed by atoms with E-state index in [2.05, 4.69) is 23.5 Å². The maximum absolute atomic E-state index is 13.3. The van der Waals surface area contributed by atoms with Crippen molar-refractivity contribution in [1.29, 1.82) is 0 Å². The standard InChI is InChI=1S/C26H40N4O5S/c1-19(2)16-22-18-35-25-9-8-23(36(33,34)27-21-10-14-28(4)15-11-21)17-24(25)26(32)29(5)12-6-7-13-30(22)20(3)31/h6-9,17,19,21-22,27H,10-16,18H2,1-5H3/b7-6+/t22-/m1/s1. The largest absolute Gasteiger partial charge is 0.491 e. The fourth-order valence-corrected chi connectivity index (χ4v) is 5.97. The third kappa shape index (κ3) is 7.30. The smallest absolute Gasteiger partial charge is 0.257 e. The lowest BCUT2D eigenvalue weighted by Gasteiger charge is -2.32. The summed E-state index contributed by atoms with van der Waals surface area (Å²) in [6.07, 6.45) is 5.95. The molecule has 10 heteroatoms. The van der Waals surface area contributed by atoms with Crippen LogP contribution < -0.4 is 9.46 Å². The first kappa shape index (κ1) is 28.1. The van der Waals surface area contributed by atoms with Crippen molar-refractivity contribution in [3.8, 4) is 5.75 Å². The van der Waals surface area contributed by atoms with Crippen LogP contribution in [0.2, 0.25) is 0 Å². The molecule has 2 aliphatic heterocycles. The molecular weight excluding hydrogens is 480 g/mol. The second kappa shape index (κ2) is 12.2. The van der Waals surface area contributed by atoms with Gasteiger partial charge in [0.05, 0.1) is 16.5 Å². The third-order valence-electron chi connectivity index (χ3n) is 6.75. The van der Waals surface area contributed by atoms with Gasteiger partial charge in [-0.15, -0.1) is 0 Å². The lowest BCUT2D eigenvalue weighted by atomic mass is 10.0. The molecule has 0 unspecified atom stereocenters. The first-order valence-electron chi connectivity index (χ1n) is 12.6. The van der Waals surface area contributed by atoms with Gasteiger partial charge in [-0.3, -0.25) is 9.59 Å². The SMILES string of the molecule is CC(=O)N1C/C=C/CN(C)C(=O)c2cc(S(=O)(=O)NC3CCN(C)CC3)ccc2OC[C@H]1CC(C)C. The highest BCUT2D eigenvalue weighted by atomic mass is 32.2. The monoisotopic (exact) mass is 520 g/mol. The number of hydrogen-bond acceptors (Lipinski definition) is 6. The van der Waals surface area contributed by atoms with Crippen molar-refractivity contribution < 1.29 is 22.7 Å². The summed E-state index contributed by atoms with van der Waals surface area (Å²) < 4.78 is 35.3. The number of amides is 2. The van der Waals surface area contributed by atoms with Crippen LogP contribution >= 0.6 is 0 Å². The van der Waals surface area contributed by atoms with Crippen molar-refractivity contribution in [3.05, 3.63) is 35.9 Å². The number of piperidine rings is 1. The van der Waals surface area contributed by atoms with E-state index in [0.29, 0.717) is 24.8 Å². The molecule has 1 aromatic rings. The van der Waals surface area contributed by atoms with Crippen LogP contribution in [-0.4, -0.2) is 93.9 Å². The quantitative estimate of drug-likeness (QED) is 0.599. The molecule has 1 N–H and O–H groups in total. The molecule has 0 radical (unpaired) electrons. The van der Waals surface area contributed by atoms with Crippen LogP contribution in [0.25, 0.3) is 0 Å². The van der Waals surface area contributed by atoms with Crippen molar-refractivity contribution in [3.63, 3.8) is 0 Å². The number of fused-ring (bicyclic) bond motifs is 1. The van der Waals surface area contributed by atoms with Gasteiger partial charge in [0.15, 0.2) is 0 Å². The Hall–Kier alpha value is -2.43. The molecule has 0 aromatic heterocycles. The number of carbonyl (C=O) groups excluding carboxylic acids is 2. The zero-order valence-electron chi connectivity index (χ0n) is 22.1. The highest BCUT2D eigenvalue weighted by Crippen LogP contribution is 2.26. The van der Waals surface area contributed by atoms with Crippen molar-refractivity contribution in [2.45, 2.75) is 57.0 Å². The number of likely N-dealkylation sites (N-methyl/N-ethyl adjacent to an activating group) is 1. The topological polar surface area (TPSA) is 99.3 Å². The predicted molar refractivity (Wildman–Crippen MR) is 140 cm³/mol. The first-order chi connectivity index (χ1) is 17.0. The maximum Gasteiger partial charge on any atom is 0.257 e. The molecule has 1 saturated heterocycles. The Morgan fingerprint density at radius 1 is 1.14 bits per heavy atom. The molecule has 36 heavy (non-hydrogen) atoms. The average molecular weight is 521 g/mol. The molecule has 2 aliphatic rings. The third-order valence-corrected chi connectivity index (χ3v) is 8.26. The Kier molecular flexibility index (Phi) is 9.54. The Bertz CT molecular complexity index is 1060. The highest BCUT2D eigenvalue weighted by Gasteiger charge is 2.28. The van der Waals surface area contributed by atoms with Crippen LogP contribution in [0.5, 0.6) is 5.75 Å². The van der Waals surface area contributed by atoms with E-state index in [-0.39, 0.29) is 41.0 Å². The fourth-order valence-electron chi connectivity index (χ4n) is 4.64. The van der Waals surface area contributed by atoms with Gasteiger partial charge in [-0.2, -0.15) is 0 Å². The Morgan fingerprint density at radius 2 is 1.81 bits per heavy atom.